The molecule has 0 aliphatic heterocycles. The summed E-state index contributed by atoms with van der Waals surface area (Å²) in [4.78, 5) is 0. The first-order valence-corrected chi connectivity index (χ1v) is 5.56. The average molecular weight is 233 g/mol. The van der Waals surface area contributed by atoms with Crippen LogP contribution in [-0.2, 0) is 0 Å². The molecule has 3 N–H and O–H groups in total. The summed E-state index contributed by atoms with van der Waals surface area (Å²) in [7, 11) is 0. The molecule has 90 valence electrons. The zero-order valence-electron chi connectivity index (χ0n) is 9.94. The fraction of sp³-hybridized carbons (Fsp3) is 0.286. The van der Waals surface area contributed by atoms with E-state index in [1.807, 2.05) is 12.1 Å². The Balaban J connectivity index is 2.67. The lowest BCUT2D eigenvalue weighted by atomic mass is 9.89. The van der Waals surface area contributed by atoms with E-state index in [9.17, 15) is 9.50 Å². The van der Waals surface area contributed by atoms with Crippen molar-refractivity contribution in [3.05, 3.63) is 47.8 Å². The molecule has 0 saturated heterocycles. The largest absolute Gasteiger partial charge is 0.388 e. The molecule has 0 heterocycles. The van der Waals surface area contributed by atoms with Crippen LogP contribution in [0.15, 0.2) is 36.4 Å². The zero-order chi connectivity index (χ0) is 12.6. The highest BCUT2D eigenvalue weighted by molar-refractivity contribution is 5.86. The Morgan fingerprint density at radius 1 is 1.12 bits per heavy atom. The molecule has 2 nitrogen and oxygen atoms in total. The third-order valence-electron chi connectivity index (χ3n) is 3.00. The monoisotopic (exact) mass is 233 g/mol. The molecule has 0 saturated carbocycles. The van der Waals surface area contributed by atoms with E-state index in [0.29, 0.717) is 5.39 Å². The van der Waals surface area contributed by atoms with Crippen molar-refractivity contribution in [1.82, 2.24) is 0 Å². The van der Waals surface area contributed by atoms with Gasteiger partial charge in [0.15, 0.2) is 0 Å². The van der Waals surface area contributed by atoms with Gasteiger partial charge in [0.05, 0.1) is 11.6 Å². The van der Waals surface area contributed by atoms with Crippen LogP contribution in [0, 0.1) is 5.82 Å². The predicted octanol–water partition coefficient (Wildman–Crippen LogP) is 2.75. The average Bonchev–Trinajstić information content (AvgIpc) is 2.28. The van der Waals surface area contributed by atoms with E-state index in [1.54, 1.807) is 32.0 Å². The molecule has 0 aliphatic rings. The lowest BCUT2D eigenvalue weighted by Gasteiger charge is -2.27. The molecule has 0 radical (unpaired) electrons. The van der Waals surface area contributed by atoms with Gasteiger partial charge >= 0.3 is 0 Å². The standard InChI is InChI=1S/C14H16FNO/c1-14(2,17)13(16)11-7-8-12(15)10-6-4-3-5-9(10)11/h3-8,13,17H,16H2,1-2H3. The fourth-order valence-corrected chi connectivity index (χ4v) is 1.94. The highest BCUT2D eigenvalue weighted by atomic mass is 19.1. The summed E-state index contributed by atoms with van der Waals surface area (Å²) >= 11 is 0. The van der Waals surface area contributed by atoms with Crippen molar-refractivity contribution in [3.63, 3.8) is 0 Å². The molecule has 2 aromatic rings. The third-order valence-corrected chi connectivity index (χ3v) is 3.00. The number of rotatable bonds is 2. The number of benzene rings is 2. The third kappa shape index (κ3) is 2.16. The zero-order valence-corrected chi connectivity index (χ0v) is 9.94. The number of hydrogen-bond acceptors (Lipinski definition) is 2. The summed E-state index contributed by atoms with van der Waals surface area (Å²) in [6.07, 6.45) is 0. The number of aliphatic hydroxyl groups is 1. The Morgan fingerprint density at radius 2 is 1.71 bits per heavy atom. The Labute approximate surface area is 99.9 Å². The number of hydrogen-bond donors (Lipinski definition) is 2. The van der Waals surface area contributed by atoms with Crippen LogP contribution in [-0.4, -0.2) is 10.7 Å². The molecule has 3 heteroatoms. The molecule has 17 heavy (non-hydrogen) atoms. The van der Waals surface area contributed by atoms with E-state index in [4.69, 9.17) is 5.73 Å². The highest BCUT2D eigenvalue weighted by Crippen LogP contribution is 2.30. The van der Waals surface area contributed by atoms with Crippen molar-refractivity contribution in [2.45, 2.75) is 25.5 Å². The van der Waals surface area contributed by atoms with Crippen LogP contribution in [0.3, 0.4) is 0 Å². The van der Waals surface area contributed by atoms with Gasteiger partial charge in [-0.25, -0.2) is 4.39 Å². The van der Waals surface area contributed by atoms with Gasteiger partial charge in [-0.3, -0.25) is 0 Å². The number of nitrogens with two attached hydrogens (primary N) is 1. The summed E-state index contributed by atoms with van der Waals surface area (Å²) in [5.41, 5.74) is 5.73. The SMILES string of the molecule is CC(C)(O)C(N)c1ccc(F)c2ccccc12. The maximum absolute atomic E-state index is 13.6. The van der Waals surface area contributed by atoms with Gasteiger partial charge in [-0.15, -0.1) is 0 Å². The van der Waals surface area contributed by atoms with Crippen molar-refractivity contribution in [1.29, 1.82) is 0 Å². The molecular weight excluding hydrogens is 217 g/mol. The maximum atomic E-state index is 13.6. The topological polar surface area (TPSA) is 46.2 Å². The van der Waals surface area contributed by atoms with Crippen molar-refractivity contribution < 1.29 is 9.50 Å². The predicted molar refractivity (Wildman–Crippen MR) is 67.1 cm³/mol. The van der Waals surface area contributed by atoms with E-state index in [-0.39, 0.29) is 5.82 Å². The molecule has 0 aliphatic carbocycles. The quantitative estimate of drug-likeness (QED) is 0.837. The Kier molecular flexibility index (Phi) is 2.89. The maximum Gasteiger partial charge on any atom is 0.131 e. The van der Waals surface area contributed by atoms with Crippen LogP contribution in [0.25, 0.3) is 10.8 Å². The minimum atomic E-state index is -1.04. The first-order valence-electron chi connectivity index (χ1n) is 5.56. The van der Waals surface area contributed by atoms with E-state index in [2.05, 4.69) is 0 Å². The van der Waals surface area contributed by atoms with E-state index >= 15 is 0 Å². The summed E-state index contributed by atoms with van der Waals surface area (Å²) in [6.45, 7) is 3.30. The number of halogens is 1. The minimum Gasteiger partial charge on any atom is -0.388 e. The van der Waals surface area contributed by atoms with E-state index in [0.717, 1.165) is 10.9 Å². The Hall–Kier alpha value is -1.45. The van der Waals surface area contributed by atoms with Gasteiger partial charge in [0.2, 0.25) is 0 Å². The molecule has 2 rings (SSSR count). The summed E-state index contributed by atoms with van der Waals surface area (Å²) in [5, 5.41) is 11.2. The Bertz CT molecular complexity index is 545. The summed E-state index contributed by atoms with van der Waals surface area (Å²) in [5.74, 6) is -0.271. The molecule has 0 bridgehead atoms. The van der Waals surface area contributed by atoms with E-state index < -0.39 is 11.6 Å². The van der Waals surface area contributed by atoms with Gasteiger partial charge in [0.1, 0.15) is 5.82 Å². The number of fused-ring (bicyclic) bond motifs is 1. The van der Waals surface area contributed by atoms with Crippen LogP contribution in [0.4, 0.5) is 4.39 Å². The molecule has 1 atom stereocenters. The summed E-state index contributed by atoms with van der Waals surface area (Å²) in [6, 6.07) is 9.63. The lowest BCUT2D eigenvalue weighted by Crippen LogP contribution is -2.35. The van der Waals surface area contributed by atoms with Crippen LogP contribution >= 0.6 is 0 Å². The molecule has 0 amide bonds. The first-order chi connectivity index (χ1) is 7.91. The van der Waals surface area contributed by atoms with Crippen molar-refractivity contribution >= 4 is 10.8 Å². The van der Waals surface area contributed by atoms with Crippen molar-refractivity contribution in [2.24, 2.45) is 5.73 Å². The molecule has 0 spiro atoms. The van der Waals surface area contributed by atoms with Crippen LogP contribution in [0.2, 0.25) is 0 Å². The lowest BCUT2D eigenvalue weighted by molar-refractivity contribution is 0.0522. The van der Waals surface area contributed by atoms with Gasteiger partial charge in [-0.1, -0.05) is 30.3 Å². The van der Waals surface area contributed by atoms with Gasteiger partial charge in [-0.05, 0) is 30.9 Å². The second-order valence-electron chi connectivity index (χ2n) is 4.81. The first kappa shape index (κ1) is 12.0. The molecule has 2 aromatic carbocycles. The molecular formula is C14H16FNO. The van der Waals surface area contributed by atoms with Crippen molar-refractivity contribution in [3.8, 4) is 0 Å². The van der Waals surface area contributed by atoms with Crippen LogP contribution < -0.4 is 5.73 Å². The van der Waals surface area contributed by atoms with Gasteiger partial charge in [0.25, 0.3) is 0 Å². The van der Waals surface area contributed by atoms with Crippen LogP contribution in [0.5, 0.6) is 0 Å². The van der Waals surface area contributed by atoms with Gasteiger partial charge < -0.3 is 10.8 Å². The van der Waals surface area contributed by atoms with Gasteiger partial charge in [0, 0.05) is 5.39 Å². The second kappa shape index (κ2) is 4.09. The highest BCUT2D eigenvalue weighted by Gasteiger charge is 2.26. The molecule has 0 fully saturated rings. The van der Waals surface area contributed by atoms with Crippen LogP contribution in [0.1, 0.15) is 25.5 Å². The normalized spacial score (nSPS) is 13.9. The molecule has 1 unspecified atom stereocenters. The van der Waals surface area contributed by atoms with Crippen molar-refractivity contribution in [2.75, 3.05) is 0 Å². The van der Waals surface area contributed by atoms with Gasteiger partial charge in [-0.2, -0.15) is 0 Å². The molecule has 0 aromatic heterocycles. The summed E-state index contributed by atoms with van der Waals surface area (Å²) < 4.78 is 13.6. The smallest absolute Gasteiger partial charge is 0.131 e. The Morgan fingerprint density at radius 3 is 2.29 bits per heavy atom. The fourth-order valence-electron chi connectivity index (χ4n) is 1.94. The minimum absolute atomic E-state index is 0.271. The second-order valence-corrected chi connectivity index (χ2v) is 4.81. The van der Waals surface area contributed by atoms with E-state index in [1.165, 1.54) is 6.07 Å².